The number of hydrogen-bond acceptors (Lipinski definition) is 3. The van der Waals surface area contributed by atoms with Crippen LogP contribution >= 0.6 is 0 Å². The minimum atomic E-state index is -0.0522. The van der Waals surface area contributed by atoms with Crippen molar-refractivity contribution in [2.45, 2.75) is 12.5 Å². The highest BCUT2D eigenvalue weighted by atomic mass is 16.2. The number of fused-ring (bicyclic) bond motifs is 3. The number of piperazine rings is 3. The second-order valence-corrected chi connectivity index (χ2v) is 5.86. The van der Waals surface area contributed by atoms with Crippen molar-refractivity contribution in [2.24, 2.45) is 0 Å². The van der Waals surface area contributed by atoms with Gasteiger partial charge in [-0.2, -0.15) is 0 Å². The summed E-state index contributed by atoms with van der Waals surface area (Å²) >= 11 is 0. The van der Waals surface area contributed by atoms with Gasteiger partial charge >= 0.3 is 6.03 Å². The van der Waals surface area contributed by atoms with Gasteiger partial charge in [0.25, 0.3) is 0 Å². The minimum absolute atomic E-state index is 0.0522. The van der Waals surface area contributed by atoms with Crippen molar-refractivity contribution in [2.75, 3.05) is 45.8 Å². The summed E-state index contributed by atoms with van der Waals surface area (Å²) in [5.41, 5.74) is 1.25. The Labute approximate surface area is 126 Å². The lowest BCUT2D eigenvalue weighted by Gasteiger charge is -2.47. The lowest BCUT2D eigenvalue weighted by Crippen LogP contribution is -2.63. The second kappa shape index (κ2) is 6.91. The van der Waals surface area contributed by atoms with E-state index in [-0.39, 0.29) is 6.03 Å². The van der Waals surface area contributed by atoms with Gasteiger partial charge in [0.2, 0.25) is 0 Å². The van der Waals surface area contributed by atoms with Crippen LogP contribution in [0.25, 0.3) is 0 Å². The molecule has 1 unspecified atom stereocenters. The highest BCUT2D eigenvalue weighted by Crippen LogP contribution is 2.14. The number of rotatable bonds is 5. The zero-order chi connectivity index (χ0) is 14.5. The zero-order valence-corrected chi connectivity index (χ0v) is 12.4. The van der Waals surface area contributed by atoms with Crippen LogP contribution in [0.5, 0.6) is 0 Å². The molecule has 1 aromatic rings. The third-order valence-electron chi connectivity index (χ3n) is 4.43. The zero-order valence-electron chi connectivity index (χ0n) is 12.4. The third kappa shape index (κ3) is 3.95. The van der Waals surface area contributed by atoms with Crippen molar-refractivity contribution in [1.82, 2.24) is 20.4 Å². The Morgan fingerprint density at radius 3 is 2.52 bits per heavy atom. The molecule has 0 saturated carbocycles. The average molecular weight is 288 g/mol. The molecule has 114 valence electrons. The smallest absolute Gasteiger partial charge is 0.314 e. The van der Waals surface area contributed by atoms with Gasteiger partial charge in [-0.1, -0.05) is 30.3 Å². The molecule has 1 atom stereocenters. The number of benzene rings is 1. The molecule has 2 N–H and O–H groups in total. The van der Waals surface area contributed by atoms with Crippen LogP contribution in [-0.4, -0.2) is 67.7 Å². The number of nitrogens with one attached hydrogen (secondary N) is 2. The topological polar surface area (TPSA) is 47.6 Å². The van der Waals surface area contributed by atoms with Crippen LogP contribution in [0.2, 0.25) is 0 Å². The molecule has 0 aliphatic carbocycles. The summed E-state index contributed by atoms with van der Waals surface area (Å²) in [6, 6.07) is 10.7. The Balaban J connectivity index is 1.33. The van der Waals surface area contributed by atoms with Gasteiger partial charge in [0.05, 0.1) is 0 Å². The standard InChI is InChI=1S/C16H24N4O/c21-16(17-7-6-14-4-2-1-3-5-14)18-12-15-13-19-8-10-20(15)11-9-19/h1-5,15H,6-13H2,(H2,17,18,21). The van der Waals surface area contributed by atoms with Crippen LogP contribution in [0.4, 0.5) is 4.79 Å². The molecule has 5 nitrogen and oxygen atoms in total. The maximum absolute atomic E-state index is 11.8. The van der Waals surface area contributed by atoms with E-state index in [1.165, 1.54) is 18.7 Å². The minimum Gasteiger partial charge on any atom is -0.338 e. The first-order valence-corrected chi connectivity index (χ1v) is 7.83. The molecule has 0 aromatic heterocycles. The van der Waals surface area contributed by atoms with Crippen LogP contribution in [0, 0.1) is 0 Å². The summed E-state index contributed by atoms with van der Waals surface area (Å²) in [5, 5.41) is 5.94. The van der Waals surface area contributed by atoms with Gasteiger partial charge in [-0.15, -0.1) is 0 Å². The van der Waals surface area contributed by atoms with Gasteiger partial charge in [-0.25, -0.2) is 4.79 Å². The second-order valence-electron chi connectivity index (χ2n) is 5.86. The third-order valence-corrected chi connectivity index (χ3v) is 4.43. The molecule has 0 radical (unpaired) electrons. The first-order valence-electron chi connectivity index (χ1n) is 7.83. The van der Waals surface area contributed by atoms with Crippen LogP contribution in [0.3, 0.4) is 0 Å². The Kier molecular flexibility index (Phi) is 4.72. The van der Waals surface area contributed by atoms with E-state index in [0.29, 0.717) is 12.6 Å². The first kappa shape index (κ1) is 14.4. The number of carbonyl (C=O) groups is 1. The fourth-order valence-electron chi connectivity index (χ4n) is 3.16. The van der Waals surface area contributed by atoms with E-state index in [4.69, 9.17) is 0 Å². The van der Waals surface area contributed by atoms with Crippen LogP contribution in [0.15, 0.2) is 30.3 Å². The molecule has 3 fully saturated rings. The molecule has 2 amide bonds. The maximum atomic E-state index is 11.8. The van der Waals surface area contributed by atoms with E-state index in [0.717, 1.165) is 32.6 Å². The number of carbonyl (C=O) groups excluding carboxylic acids is 1. The molecule has 3 heterocycles. The maximum Gasteiger partial charge on any atom is 0.314 e. The van der Waals surface area contributed by atoms with Crippen molar-refractivity contribution in [3.8, 4) is 0 Å². The SMILES string of the molecule is O=C(NCCc1ccccc1)NCC1CN2CCN1CC2. The molecule has 3 aliphatic heterocycles. The van der Waals surface area contributed by atoms with Crippen molar-refractivity contribution in [1.29, 1.82) is 0 Å². The molecule has 4 rings (SSSR count). The average Bonchev–Trinajstić information content (AvgIpc) is 2.55. The normalized spacial score (nSPS) is 27.3. The van der Waals surface area contributed by atoms with E-state index >= 15 is 0 Å². The van der Waals surface area contributed by atoms with Crippen molar-refractivity contribution < 1.29 is 4.79 Å². The predicted octanol–water partition coefficient (Wildman–Crippen LogP) is 0.528. The van der Waals surface area contributed by atoms with E-state index in [1.807, 2.05) is 18.2 Å². The number of amides is 2. The molecule has 5 heteroatoms. The van der Waals surface area contributed by atoms with Gasteiger partial charge in [0.15, 0.2) is 0 Å². The summed E-state index contributed by atoms with van der Waals surface area (Å²) < 4.78 is 0. The summed E-state index contributed by atoms with van der Waals surface area (Å²) in [4.78, 5) is 16.8. The fraction of sp³-hybridized carbons (Fsp3) is 0.562. The Morgan fingerprint density at radius 2 is 1.86 bits per heavy atom. The van der Waals surface area contributed by atoms with E-state index < -0.39 is 0 Å². The number of urea groups is 1. The van der Waals surface area contributed by atoms with Crippen molar-refractivity contribution >= 4 is 6.03 Å². The van der Waals surface area contributed by atoms with Crippen LogP contribution in [-0.2, 0) is 6.42 Å². The molecular weight excluding hydrogens is 264 g/mol. The van der Waals surface area contributed by atoms with Gasteiger partial charge in [-0.05, 0) is 12.0 Å². The predicted molar refractivity (Wildman–Crippen MR) is 83.3 cm³/mol. The van der Waals surface area contributed by atoms with Crippen LogP contribution < -0.4 is 10.6 Å². The highest BCUT2D eigenvalue weighted by molar-refractivity contribution is 5.73. The molecule has 2 bridgehead atoms. The Bertz CT molecular complexity index is 457. The van der Waals surface area contributed by atoms with Gasteiger partial charge in [0.1, 0.15) is 0 Å². The quantitative estimate of drug-likeness (QED) is 0.831. The summed E-state index contributed by atoms with van der Waals surface area (Å²) in [6.07, 6.45) is 0.873. The number of hydrogen-bond donors (Lipinski definition) is 2. The summed E-state index contributed by atoms with van der Waals surface area (Å²) in [6.45, 7) is 7.15. The number of nitrogens with zero attached hydrogens (tertiary/aromatic N) is 2. The van der Waals surface area contributed by atoms with Crippen molar-refractivity contribution in [3.63, 3.8) is 0 Å². The summed E-state index contributed by atoms with van der Waals surface area (Å²) in [7, 11) is 0. The lowest BCUT2D eigenvalue weighted by molar-refractivity contribution is 0.0148. The monoisotopic (exact) mass is 288 g/mol. The fourth-order valence-corrected chi connectivity index (χ4v) is 3.16. The molecule has 1 aromatic carbocycles. The van der Waals surface area contributed by atoms with Gasteiger partial charge in [0, 0.05) is 51.9 Å². The molecular formula is C16H24N4O. The molecule has 3 aliphatic rings. The lowest BCUT2D eigenvalue weighted by atomic mass is 10.1. The Morgan fingerprint density at radius 1 is 1.10 bits per heavy atom. The molecule has 3 saturated heterocycles. The van der Waals surface area contributed by atoms with Gasteiger partial charge in [-0.3, -0.25) is 9.80 Å². The van der Waals surface area contributed by atoms with Crippen molar-refractivity contribution in [3.05, 3.63) is 35.9 Å². The molecule has 0 spiro atoms. The highest BCUT2D eigenvalue weighted by Gasteiger charge is 2.31. The van der Waals surface area contributed by atoms with E-state index in [9.17, 15) is 4.79 Å². The van der Waals surface area contributed by atoms with Crippen LogP contribution in [0.1, 0.15) is 5.56 Å². The first-order chi connectivity index (χ1) is 10.3. The Hall–Kier alpha value is -1.59. The van der Waals surface area contributed by atoms with E-state index in [1.54, 1.807) is 0 Å². The summed E-state index contributed by atoms with van der Waals surface area (Å²) in [5.74, 6) is 0. The largest absolute Gasteiger partial charge is 0.338 e. The molecule has 21 heavy (non-hydrogen) atoms. The van der Waals surface area contributed by atoms with E-state index in [2.05, 4.69) is 32.6 Å². The van der Waals surface area contributed by atoms with Gasteiger partial charge < -0.3 is 10.6 Å².